The smallest absolute Gasteiger partial charge is 0.303 e. The van der Waals surface area contributed by atoms with Crippen LogP contribution in [0.25, 0.3) is 0 Å². The standard InChI is InChI=1S/C23H31BrO6/c1-12(25)30-11-18(28)23(29)9-6-14-13-4-5-15-20(24)16(26)7-8-21(15,2)19(13)17(27)10-22(14,23)3/h13-15,19-20,29H,4-11H2,1-3H3/t13-,14+,15-,19-,20-,21-,22-,23+/m0/s1. The maximum atomic E-state index is 13.6. The van der Waals surface area contributed by atoms with Gasteiger partial charge in [-0.2, -0.15) is 0 Å². The Morgan fingerprint density at radius 1 is 1.10 bits per heavy atom. The van der Waals surface area contributed by atoms with E-state index in [1.165, 1.54) is 6.92 Å². The van der Waals surface area contributed by atoms with Crippen molar-refractivity contribution in [3.8, 4) is 0 Å². The summed E-state index contributed by atoms with van der Waals surface area (Å²) >= 11 is 3.61. The van der Waals surface area contributed by atoms with E-state index in [0.717, 1.165) is 19.3 Å². The lowest BCUT2D eigenvalue weighted by molar-refractivity contribution is -0.179. The van der Waals surface area contributed by atoms with Gasteiger partial charge >= 0.3 is 5.97 Å². The molecule has 8 atom stereocenters. The number of hydrogen-bond donors (Lipinski definition) is 1. The molecule has 0 aliphatic heterocycles. The second kappa shape index (κ2) is 7.22. The zero-order valence-corrected chi connectivity index (χ0v) is 19.5. The van der Waals surface area contributed by atoms with E-state index in [1.54, 1.807) is 0 Å². The fourth-order valence-corrected chi connectivity index (χ4v) is 8.76. The van der Waals surface area contributed by atoms with E-state index in [9.17, 15) is 24.3 Å². The summed E-state index contributed by atoms with van der Waals surface area (Å²) < 4.78 is 4.88. The van der Waals surface area contributed by atoms with Crippen LogP contribution in [-0.2, 0) is 23.9 Å². The minimum absolute atomic E-state index is 0.0654. The molecular weight excluding hydrogens is 452 g/mol. The number of rotatable bonds is 3. The van der Waals surface area contributed by atoms with Crippen LogP contribution in [0.3, 0.4) is 0 Å². The molecule has 0 bridgehead atoms. The summed E-state index contributed by atoms with van der Waals surface area (Å²) in [6.45, 7) is 4.82. The molecule has 4 rings (SSSR count). The Balaban J connectivity index is 1.65. The highest BCUT2D eigenvalue weighted by molar-refractivity contribution is 9.10. The van der Waals surface area contributed by atoms with E-state index in [0.29, 0.717) is 19.3 Å². The zero-order chi connectivity index (χ0) is 22.1. The molecule has 1 N–H and O–H groups in total. The van der Waals surface area contributed by atoms with Crippen LogP contribution >= 0.6 is 15.9 Å². The molecule has 30 heavy (non-hydrogen) atoms. The molecule has 0 amide bonds. The van der Waals surface area contributed by atoms with Crippen LogP contribution in [0.5, 0.6) is 0 Å². The predicted octanol–water partition coefficient (Wildman–Crippen LogP) is 3.01. The van der Waals surface area contributed by atoms with Gasteiger partial charge in [0.1, 0.15) is 17.2 Å². The van der Waals surface area contributed by atoms with Crippen molar-refractivity contribution in [2.24, 2.45) is 34.5 Å². The molecule has 166 valence electrons. The molecule has 4 aliphatic rings. The number of halogens is 1. The summed E-state index contributed by atoms with van der Waals surface area (Å²) in [5, 5.41) is 11.5. The van der Waals surface area contributed by atoms with Crippen molar-refractivity contribution in [2.45, 2.75) is 76.1 Å². The summed E-state index contributed by atoms with van der Waals surface area (Å²) in [6, 6.07) is 0. The highest BCUT2D eigenvalue weighted by Gasteiger charge is 2.69. The number of carbonyl (C=O) groups is 4. The molecule has 0 radical (unpaired) electrons. The lowest BCUT2D eigenvalue weighted by Gasteiger charge is -2.60. The normalized spacial score (nSPS) is 47.8. The van der Waals surface area contributed by atoms with Crippen molar-refractivity contribution in [3.05, 3.63) is 0 Å². The van der Waals surface area contributed by atoms with E-state index in [-0.39, 0.29) is 51.9 Å². The number of carbonyl (C=O) groups excluding carboxylic acids is 4. The number of ether oxygens (including phenoxy) is 1. The van der Waals surface area contributed by atoms with Crippen molar-refractivity contribution >= 4 is 39.2 Å². The van der Waals surface area contributed by atoms with Gasteiger partial charge in [-0.05, 0) is 55.3 Å². The minimum atomic E-state index is -1.65. The van der Waals surface area contributed by atoms with Gasteiger partial charge in [-0.15, -0.1) is 0 Å². The van der Waals surface area contributed by atoms with Crippen molar-refractivity contribution < 1.29 is 29.0 Å². The first-order chi connectivity index (χ1) is 14.0. The van der Waals surface area contributed by atoms with Gasteiger partial charge in [0, 0.05) is 31.1 Å². The molecule has 4 saturated carbocycles. The Kier molecular flexibility index (Phi) is 5.33. The molecule has 0 saturated heterocycles. The summed E-state index contributed by atoms with van der Waals surface area (Å²) in [4.78, 5) is 49.7. The van der Waals surface area contributed by atoms with Gasteiger partial charge in [-0.3, -0.25) is 19.2 Å². The van der Waals surface area contributed by atoms with E-state index in [4.69, 9.17) is 4.74 Å². The van der Waals surface area contributed by atoms with Crippen molar-refractivity contribution in [1.29, 1.82) is 0 Å². The molecule has 0 aromatic heterocycles. The summed E-state index contributed by atoms with van der Waals surface area (Å²) in [5.41, 5.74) is -2.72. The Morgan fingerprint density at radius 3 is 2.47 bits per heavy atom. The third kappa shape index (κ3) is 2.90. The Labute approximate surface area is 185 Å². The first-order valence-electron chi connectivity index (χ1n) is 11.0. The maximum Gasteiger partial charge on any atom is 0.303 e. The first-order valence-corrected chi connectivity index (χ1v) is 12.0. The van der Waals surface area contributed by atoms with Crippen LogP contribution in [0.4, 0.5) is 0 Å². The monoisotopic (exact) mass is 482 g/mol. The van der Waals surface area contributed by atoms with Crippen molar-refractivity contribution in [2.75, 3.05) is 6.61 Å². The Bertz CT molecular complexity index is 810. The second-order valence-electron chi connectivity index (χ2n) is 10.5. The molecule has 4 aliphatic carbocycles. The van der Waals surface area contributed by atoms with Crippen LogP contribution in [-0.4, -0.2) is 45.5 Å². The number of alkyl halides is 1. The largest absolute Gasteiger partial charge is 0.458 e. The van der Waals surface area contributed by atoms with Gasteiger partial charge in [0.2, 0.25) is 5.78 Å². The average molecular weight is 483 g/mol. The molecule has 7 heteroatoms. The maximum absolute atomic E-state index is 13.6. The minimum Gasteiger partial charge on any atom is -0.458 e. The fourth-order valence-electron chi connectivity index (χ4n) is 7.66. The van der Waals surface area contributed by atoms with E-state index in [1.807, 2.05) is 6.92 Å². The number of ketones is 3. The van der Waals surface area contributed by atoms with Crippen LogP contribution < -0.4 is 0 Å². The lowest BCUT2D eigenvalue weighted by atomic mass is 9.44. The summed E-state index contributed by atoms with van der Waals surface area (Å²) in [6.07, 6.45) is 4.07. The third-order valence-electron chi connectivity index (χ3n) is 9.22. The number of esters is 1. The lowest BCUT2D eigenvalue weighted by Crippen LogP contribution is -2.63. The van der Waals surface area contributed by atoms with E-state index < -0.39 is 29.4 Å². The highest BCUT2D eigenvalue weighted by atomic mass is 79.9. The number of hydrogen-bond acceptors (Lipinski definition) is 6. The van der Waals surface area contributed by atoms with Crippen molar-refractivity contribution in [3.63, 3.8) is 0 Å². The second-order valence-corrected chi connectivity index (χ2v) is 11.5. The van der Waals surface area contributed by atoms with Gasteiger partial charge in [0.15, 0.2) is 6.61 Å². The number of aliphatic hydroxyl groups is 1. The quantitative estimate of drug-likeness (QED) is 0.490. The molecular formula is C23H31BrO6. The predicted molar refractivity (Wildman–Crippen MR) is 112 cm³/mol. The topological polar surface area (TPSA) is 97.7 Å². The molecule has 0 aromatic carbocycles. The van der Waals surface area contributed by atoms with Gasteiger partial charge < -0.3 is 9.84 Å². The van der Waals surface area contributed by atoms with E-state index in [2.05, 4.69) is 22.9 Å². The van der Waals surface area contributed by atoms with Crippen molar-refractivity contribution in [1.82, 2.24) is 0 Å². The first kappa shape index (κ1) is 22.1. The van der Waals surface area contributed by atoms with E-state index >= 15 is 0 Å². The van der Waals surface area contributed by atoms with Gasteiger partial charge in [0.05, 0.1) is 4.83 Å². The van der Waals surface area contributed by atoms with Crippen LogP contribution in [0.1, 0.15) is 65.7 Å². The Morgan fingerprint density at radius 2 is 1.80 bits per heavy atom. The SMILES string of the molecule is CC(=O)OCC(=O)[C@]1(O)CC[C@@H]2[C@@H]3CC[C@H]4[C@H](Br)C(=O)CC[C@]4(C)[C@@H]3C(=O)C[C@@]21C. The summed E-state index contributed by atoms with van der Waals surface area (Å²) in [7, 11) is 0. The van der Waals surface area contributed by atoms with Crippen LogP contribution in [0.2, 0.25) is 0 Å². The molecule has 0 heterocycles. The van der Waals surface area contributed by atoms with Gasteiger partial charge in [-0.25, -0.2) is 0 Å². The average Bonchev–Trinajstić information content (AvgIpc) is 2.94. The highest BCUT2D eigenvalue weighted by Crippen LogP contribution is 2.67. The molecule has 4 fully saturated rings. The summed E-state index contributed by atoms with van der Waals surface area (Å²) in [5.74, 6) is -0.522. The van der Waals surface area contributed by atoms with Gasteiger partial charge in [-0.1, -0.05) is 29.8 Å². The number of fused-ring (bicyclic) bond motifs is 5. The van der Waals surface area contributed by atoms with Crippen LogP contribution in [0.15, 0.2) is 0 Å². The molecule has 0 aromatic rings. The molecule has 0 spiro atoms. The van der Waals surface area contributed by atoms with Gasteiger partial charge in [0.25, 0.3) is 0 Å². The van der Waals surface area contributed by atoms with Crippen LogP contribution in [0, 0.1) is 34.5 Å². The third-order valence-corrected chi connectivity index (χ3v) is 10.4. The Hall–Kier alpha value is -1.08. The zero-order valence-electron chi connectivity index (χ0n) is 17.9. The fraction of sp³-hybridized carbons (Fsp3) is 0.826. The molecule has 6 nitrogen and oxygen atoms in total. The molecule has 0 unspecified atom stereocenters. The number of Topliss-reactive ketones (excluding diaryl/α,β-unsaturated/α-hetero) is 3.